The summed E-state index contributed by atoms with van der Waals surface area (Å²) in [6.45, 7) is 5.55. The molecule has 0 fully saturated rings. The van der Waals surface area contributed by atoms with E-state index in [1.165, 1.54) is 7.11 Å². The summed E-state index contributed by atoms with van der Waals surface area (Å²) in [6, 6.07) is -0.703. The molecule has 3 N–H and O–H groups in total. The van der Waals surface area contributed by atoms with Gasteiger partial charge in [0.15, 0.2) is 0 Å². The van der Waals surface area contributed by atoms with Crippen molar-refractivity contribution in [2.45, 2.75) is 26.3 Å². The van der Waals surface area contributed by atoms with E-state index in [9.17, 15) is 4.79 Å². The highest BCUT2D eigenvalue weighted by molar-refractivity contribution is 5.91. The van der Waals surface area contributed by atoms with Crippen molar-refractivity contribution >= 4 is 12.1 Å². The highest BCUT2D eigenvalue weighted by atomic mass is 16.5. The van der Waals surface area contributed by atoms with Gasteiger partial charge in [0.25, 0.3) is 6.02 Å². The summed E-state index contributed by atoms with van der Waals surface area (Å²) < 4.78 is 4.45. The van der Waals surface area contributed by atoms with Crippen LogP contribution in [0.2, 0.25) is 0 Å². The highest BCUT2D eigenvalue weighted by Gasteiger charge is 2.14. The van der Waals surface area contributed by atoms with Gasteiger partial charge in [-0.3, -0.25) is 10.7 Å². The molecule has 5 nitrogen and oxygen atoms in total. The van der Waals surface area contributed by atoms with Crippen LogP contribution in [0.25, 0.3) is 0 Å². The molecule has 0 aliphatic heterocycles. The van der Waals surface area contributed by atoms with Crippen molar-refractivity contribution in [2.75, 3.05) is 7.11 Å². The third-order valence-corrected chi connectivity index (χ3v) is 0.920. The number of rotatable bonds is 0. The minimum absolute atomic E-state index is 0.267. The number of nitrogens with one attached hydrogen (secondary N) is 3. The Hall–Kier alpha value is -1.26. The molecule has 0 saturated carbocycles. The molecule has 5 heteroatoms. The Morgan fingerprint density at radius 1 is 1.42 bits per heavy atom. The van der Waals surface area contributed by atoms with Crippen LogP contribution < -0.4 is 10.6 Å². The molecule has 0 aromatic carbocycles. The predicted octanol–water partition coefficient (Wildman–Crippen LogP) is 0.665. The molecule has 0 aromatic heterocycles. The van der Waals surface area contributed by atoms with Crippen molar-refractivity contribution in [3.63, 3.8) is 0 Å². The van der Waals surface area contributed by atoms with Crippen LogP contribution in [0.15, 0.2) is 0 Å². The van der Waals surface area contributed by atoms with Crippen molar-refractivity contribution in [1.82, 2.24) is 10.6 Å². The normalized spacial score (nSPS) is 10.3. The average Bonchev–Trinajstić information content (AvgIpc) is 1.82. The lowest BCUT2D eigenvalue weighted by Gasteiger charge is -2.20. The summed E-state index contributed by atoms with van der Waals surface area (Å²) in [5, 5.41) is 11.8. The van der Waals surface area contributed by atoms with Crippen LogP contribution in [0.5, 0.6) is 0 Å². The summed E-state index contributed by atoms with van der Waals surface area (Å²) >= 11 is 0. The summed E-state index contributed by atoms with van der Waals surface area (Å²) in [5.74, 6) is 0. The molecule has 12 heavy (non-hydrogen) atoms. The fourth-order valence-electron chi connectivity index (χ4n) is 0.526. The second-order valence-corrected chi connectivity index (χ2v) is 3.36. The van der Waals surface area contributed by atoms with Gasteiger partial charge in [-0.25, -0.2) is 4.79 Å². The summed E-state index contributed by atoms with van der Waals surface area (Å²) in [4.78, 5) is 11.0. The van der Waals surface area contributed by atoms with Gasteiger partial charge in [-0.05, 0) is 20.8 Å². The van der Waals surface area contributed by atoms with Crippen LogP contribution in [-0.4, -0.2) is 24.7 Å². The number of hydrogen-bond acceptors (Lipinski definition) is 3. The smallest absolute Gasteiger partial charge is 0.323 e. The largest absolute Gasteiger partial charge is 0.468 e. The fourth-order valence-corrected chi connectivity index (χ4v) is 0.526. The van der Waals surface area contributed by atoms with E-state index >= 15 is 0 Å². The quantitative estimate of drug-likeness (QED) is 0.372. The molecular weight excluding hydrogens is 158 g/mol. The van der Waals surface area contributed by atoms with Gasteiger partial charge in [-0.2, -0.15) is 0 Å². The standard InChI is InChI=1S/C7H15N3O2/c1-7(2,3)10-6(11)9-5(8)12-4/h1-4H3,(H3,8,9,10,11). The molecule has 0 rings (SSSR count). The maximum atomic E-state index is 11.0. The van der Waals surface area contributed by atoms with Gasteiger partial charge in [0.2, 0.25) is 0 Å². The van der Waals surface area contributed by atoms with Gasteiger partial charge in [0, 0.05) is 5.54 Å². The topological polar surface area (TPSA) is 74.2 Å². The second-order valence-electron chi connectivity index (χ2n) is 3.36. The van der Waals surface area contributed by atoms with Crippen LogP contribution in [0.4, 0.5) is 4.79 Å². The van der Waals surface area contributed by atoms with Gasteiger partial charge >= 0.3 is 6.03 Å². The molecular formula is C7H15N3O2. The molecule has 0 spiro atoms. The van der Waals surface area contributed by atoms with Gasteiger partial charge in [0.1, 0.15) is 0 Å². The Morgan fingerprint density at radius 2 is 1.92 bits per heavy atom. The SMILES string of the molecule is COC(=N)NC(=O)NC(C)(C)C. The van der Waals surface area contributed by atoms with Crippen molar-refractivity contribution in [3.8, 4) is 0 Å². The minimum Gasteiger partial charge on any atom is -0.468 e. The lowest BCUT2D eigenvalue weighted by molar-refractivity contribution is 0.233. The monoisotopic (exact) mass is 173 g/mol. The maximum Gasteiger partial charge on any atom is 0.323 e. The number of carbonyl (C=O) groups excluding carboxylic acids is 1. The van der Waals surface area contributed by atoms with Crippen molar-refractivity contribution in [1.29, 1.82) is 5.41 Å². The molecule has 0 aromatic rings. The number of amides is 2. The zero-order valence-corrected chi connectivity index (χ0v) is 7.82. The number of amidine groups is 1. The number of hydrogen-bond donors (Lipinski definition) is 3. The number of methoxy groups -OCH3 is 1. The fraction of sp³-hybridized carbons (Fsp3) is 0.714. The van der Waals surface area contributed by atoms with Crippen LogP contribution in [0.1, 0.15) is 20.8 Å². The van der Waals surface area contributed by atoms with E-state index < -0.39 is 6.03 Å². The third-order valence-electron chi connectivity index (χ3n) is 0.920. The van der Waals surface area contributed by atoms with E-state index in [1.54, 1.807) is 0 Å². The number of ether oxygens (including phenoxy) is 1. The zero-order chi connectivity index (χ0) is 9.78. The van der Waals surface area contributed by atoms with Crippen molar-refractivity contribution < 1.29 is 9.53 Å². The molecule has 0 heterocycles. The first kappa shape index (κ1) is 10.7. The molecule has 0 unspecified atom stereocenters. The summed E-state index contributed by atoms with van der Waals surface area (Å²) in [5.41, 5.74) is -0.307. The molecule has 0 aliphatic rings. The van der Waals surface area contributed by atoms with E-state index in [-0.39, 0.29) is 11.6 Å². The zero-order valence-electron chi connectivity index (χ0n) is 7.82. The summed E-state index contributed by atoms with van der Waals surface area (Å²) in [7, 11) is 1.32. The number of urea groups is 1. The van der Waals surface area contributed by atoms with Gasteiger partial charge in [-0.15, -0.1) is 0 Å². The van der Waals surface area contributed by atoms with Gasteiger partial charge in [-0.1, -0.05) is 0 Å². The Labute approximate surface area is 72.0 Å². The van der Waals surface area contributed by atoms with E-state index in [4.69, 9.17) is 5.41 Å². The van der Waals surface area contributed by atoms with E-state index in [1.807, 2.05) is 20.8 Å². The first-order chi connectivity index (χ1) is 5.35. The Kier molecular flexibility index (Phi) is 3.53. The lowest BCUT2D eigenvalue weighted by Crippen LogP contribution is -2.48. The molecule has 0 saturated heterocycles. The van der Waals surface area contributed by atoms with E-state index in [2.05, 4.69) is 15.4 Å². The van der Waals surface area contributed by atoms with Crippen LogP contribution in [-0.2, 0) is 4.74 Å². The average molecular weight is 173 g/mol. The molecule has 0 atom stereocenters. The van der Waals surface area contributed by atoms with Crippen molar-refractivity contribution in [2.24, 2.45) is 0 Å². The highest BCUT2D eigenvalue weighted by Crippen LogP contribution is 1.96. The Morgan fingerprint density at radius 3 is 2.25 bits per heavy atom. The number of carbonyl (C=O) groups is 1. The van der Waals surface area contributed by atoms with E-state index in [0.29, 0.717) is 0 Å². The first-order valence-corrected chi connectivity index (χ1v) is 3.57. The maximum absolute atomic E-state index is 11.0. The third kappa shape index (κ3) is 5.52. The summed E-state index contributed by atoms with van der Waals surface area (Å²) in [6.07, 6.45) is 0. The van der Waals surface area contributed by atoms with Crippen LogP contribution >= 0.6 is 0 Å². The Balaban J connectivity index is 3.83. The molecule has 0 radical (unpaired) electrons. The van der Waals surface area contributed by atoms with Gasteiger partial charge in [0.05, 0.1) is 7.11 Å². The van der Waals surface area contributed by atoms with Crippen molar-refractivity contribution in [3.05, 3.63) is 0 Å². The molecule has 0 aliphatic carbocycles. The second kappa shape index (κ2) is 3.94. The Bertz CT molecular complexity index is 184. The van der Waals surface area contributed by atoms with Gasteiger partial charge < -0.3 is 10.1 Å². The molecule has 2 amide bonds. The van der Waals surface area contributed by atoms with E-state index in [0.717, 1.165) is 0 Å². The molecule has 0 bridgehead atoms. The van der Waals surface area contributed by atoms with Crippen LogP contribution in [0, 0.1) is 5.41 Å². The molecule has 70 valence electrons. The van der Waals surface area contributed by atoms with Crippen LogP contribution in [0.3, 0.4) is 0 Å². The lowest BCUT2D eigenvalue weighted by atomic mass is 10.1. The predicted molar refractivity (Wildman–Crippen MR) is 46.2 cm³/mol. The minimum atomic E-state index is -0.436. The first-order valence-electron chi connectivity index (χ1n) is 3.57.